The Hall–Kier alpha value is -3.14. The summed E-state index contributed by atoms with van der Waals surface area (Å²) in [5.41, 5.74) is 0.880. The molecular weight excluding hydrogens is 432 g/mol. The Morgan fingerprint density at radius 1 is 1.16 bits per heavy atom. The number of hydrogen-bond acceptors (Lipinski definition) is 7. The molecule has 1 amide bonds. The van der Waals surface area contributed by atoms with Crippen LogP contribution in [0, 0.1) is 0 Å². The first kappa shape index (κ1) is 22.1. The van der Waals surface area contributed by atoms with Crippen LogP contribution in [-0.2, 0) is 14.6 Å². The van der Waals surface area contributed by atoms with E-state index in [2.05, 4.69) is 10.1 Å². The smallest absolute Gasteiger partial charge is 0.410 e. The van der Waals surface area contributed by atoms with Gasteiger partial charge in [0.25, 0.3) is 0 Å². The maximum absolute atomic E-state index is 12.1. The van der Waals surface area contributed by atoms with Crippen LogP contribution in [-0.4, -0.2) is 59.6 Å². The number of benzene rings is 1. The van der Waals surface area contributed by atoms with Crippen LogP contribution in [0.15, 0.2) is 47.6 Å². The van der Waals surface area contributed by atoms with Gasteiger partial charge in [-0.05, 0) is 44.9 Å². The van der Waals surface area contributed by atoms with E-state index < -0.39 is 9.84 Å². The van der Waals surface area contributed by atoms with Crippen LogP contribution in [0.1, 0.15) is 32.7 Å². The molecule has 1 aromatic carbocycles. The summed E-state index contributed by atoms with van der Waals surface area (Å²) in [6.07, 6.45) is 5.77. The van der Waals surface area contributed by atoms with Crippen molar-refractivity contribution in [3.63, 3.8) is 0 Å². The Balaban J connectivity index is 1.47. The molecule has 0 unspecified atom stereocenters. The Morgan fingerprint density at radius 3 is 2.59 bits per heavy atom. The number of piperidine rings is 1. The topological polar surface area (TPSA) is 104 Å². The number of amides is 1. The molecule has 0 bridgehead atoms. The molecule has 10 heteroatoms. The van der Waals surface area contributed by atoms with E-state index >= 15 is 0 Å². The molecule has 32 heavy (non-hydrogen) atoms. The van der Waals surface area contributed by atoms with Gasteiger partial charge in [-0.25, -0.2) is 18.2 Å². The SMILES string of the molecule is CC(C)OC(=O)N1CCC(n2ncc3cc(Oc4cccc(S(C)(=O)=O)c4)ncc32)CC1. The molecule has 0 saturated carbocycles. The fraction of sp³-hybridized carbons (Fsp3) is 0.409. The number of nitrogens with zero attached hydrogens (tertiary/aromatic N) is 4. The van der Waals surface area contributed by atoms with Gasteiger partial charge in [-0.15, -0.1) is 0 Å². The second kappa shape index (κ2) is 8.78. The normalized spacial score (nSPS) is 15.3. The number of pyridine rings is 1. The van der Waals surface area contributed by atoms with Crippen LogP contribution in [0.3, 0.4) is 0 Å². The lowest BCUT2D eigenvalue weighted by molar-refractivity contribution is 0.0656. The average molecular weight is 459 g/mol. The summed E-state index contributed by atoms with van der Waals surface area (Å²) >= 11 is 0. The van der Waals surface area contributed by atoms with Gasteiger partial charge in [0.1, 0.15) is 5.75 Å². The van der Waals surface area contributed by atoms with Gasteiger partial charge >= 0.3 is 6.09 Å². The van der Waals surface area contributed by atoms with Gasteiger partial charge in [0.05, 0.1) is 35.0 Å². The molecule has 170 valence electrons. The maximum Gasteiger partial charge on any atom is 0.410 e. The van der Waals surface area contributed by atoms with Gasteiger partial charge in [0.2, 0.25) is 5.88 Å². The van der Waals surface area contributed by atoms with Crippen molar-refractivity contribution in [1.29, 1.82) is 0 Å². The van der Waals surface area contributed by atoms with Crippen LogP contribution in [0.25, 0.3) is 10.9 Å². The predicted molar refractivity (Wildman–Crippen MR) is 119 cm³/mol. The third-order valence-corrected chi connectivity index (χ3v) is 6.43. The Morgan fingerprint density at radius 2 is 1.91 bits per heavy atom. The summed E-state index contributed by atoms with van der Waals surface area (Å²) < 4.78 is 36.5. The number of sulfone groups is 1. The van der Waals surface area contributed by atoms with E-state index in [9.17, 15) is 13.2 Å². The predicted octanol–water partition coefficient (Wildman–Crippen LogP) is 3.81. The highest BCUT2D eigenvalue weighted by atomic mass is 32.2. The summed E-state index contributed by atoms with van der Waals surface area (Å²) in [5, 5.41) is 5.41. The van der Waals surface area contributed by atoms with Crippen molar-refractivity contribution in [2.45, 2.75) is 43.7 Å². The van der Waals surface area contributed by atoms with Crippen molar-refractivity contribution < 1.29 is 22.7 Å². The van der Waals surface area contributed by atoms with Gasteiger partial charge in [0.15, 0.2) is 9.84 Å². The molecule has 4 rings (SSSR count). The molecule has 1 saturated heterocycles. The van der Waals surface area contributed by atoms with Crippen molar-refractivity contribution in [2.75, 3.05) is 19.3 Å². The molecule has 1 fully saturated rings. The highest BCUT2D eigenvalue weighted by Crippen LogP contribution is 2.29. The molecule has 3 heterocycles. The molecule has 0 N–H and O–H groups in total. The van der Waals surface area contributed by atoms with Crippen LogP contribution in [0.5, 0.6) is 11.6 Å². The summed E-state index contributed by atoms with van der Waals surface area (Å²) in [7, 11) is -3.32. The fourth-order valence-corrected chi connectivity index (χ4v) is 4.39. The molecule has 2 aromatic heterocycles. The number of ether oxygens (including phenoxy) is 2. The summed E-state index contributed by atoms with van der Waals surface area (Å²) in [5.74, 6) is 0.752. The highest BCUT2D eigenvalue weighted by Gasteiger charge is 2.26. The highest BCUT2D eigenvalue weighted by molar-refractivity contribution is 7.90. The molecular formula is C22H26N4O5S. The minimum atomic E-state index is -3.32. The van der Waals surface area contributed by atoms with Gasteiger partial charge in [-0.2, -0.15) is 5.10 Å². The van der Waals surface area contributed by atoms with E-state index in [-0.39, 0.29) is 23.1 Å². The van der Waals surface area contributed by atoms with Crippen molar-refractivity contribution in [3.8, 4) is 11.6 Å². The van der Waals surface area contributed by atoms with Gasteiger partial charge in [-0.1, -0.05) is 6.07 Å². The van der Waals surface area contributed by atoms with Crippen LogP contribution in [0.4, 0.5) is 4.79 Å². The Bertz CT molecular complexity index is 1230. The molecule has 1 aliphatic heterocycles. The zero-order valence-corrected chi connectivity index (χ0v) is 19.1. The first-order chi connectivity index (χ1) is 15.2. The van der Waals surface area contributed by atoms with E-state index in [0.29, 0.717) is 24.7 Å². The quantitative estimate of drug-likeness (QED) is 0.573. The number of aromatic nitrogens is 3. The third-order valence-electron chi connectivity index (χ3n) is 5.32. The minimum absolute atomic E-state index is 0.133. The number of likely N-dealkylation sites (tertiary alicyclic amines) is 1. The van der Waals surface area contributed by atoms with E-state index in [0.717, 1.165) is 30.0 Å². The van der Waals surface area contributed by atoms with Crippen LogP contribution >= 0.6 is 0 Å². The number of carbonyl (C=O) groups excluding carboxylic acids is 1. The first-order valence-electron chi connectivity index (χ1n) is 10.5. The monoisotopic (exact) mass is 458 g/mol. The van der Waals surface area contributed by atoms with Gasteiger partial charge in [-0.3, -0.25) is 4.68 Å². The Labute approximate surface area is 186 Å². The van der Waals surface area contributed by atoms with Crippen molar-refractivity contribution in [1.82, 2.24) is 19.7 Å². The number of hydrogen-bond donors (Lipinski definition) is 0. The van der Waals surface area contributed by atoms with Gasteiger partial charge < -0.3 is 14.4 Å². The zero-order valence-electron chi connectivity index (χ0n) is 18.3. The number of carbonyl (C=O) groups is 1. The summed E-state index contributed by atoms with van der Waals surface area (Å²) in [6, 6.07) is 8.25. The molecule has 0 spiro atoms. The number of fused-ring (bicyclic) bond motifs is 1. The molecule has 1 aliphatic rings. The fourth-order valence-electron chi connectivity index (χ4n) is 3.73. The van der Waals surface area contributed by atoms with Crippen LogP contribution in [0.2, 0.25) is 0 Å². The van der Waals surface area contributed by atoms with Crippen molar-refractivity contribution in [2.24, 2.45) is 0 Å². The molecule has 0 radical (unpaired) electrons. The summed E-state index contributed by atoms with van der Waals surface area (Å²) in [6.45, 7) is 4.91. The molecule has 0 aliphatic carbocycles. The average Bonchev–Trinajstić information content (AvgIpc) is 3.16. The van der Waals surface area contributed by atoms with Crippen LogP contribution < -0.4 is 4.74 Å². The summed E-state index contributed by atoms with van der Waals surface area (Å²) in [4.78, 5) is 18.4. The lowest BCUT2D eigenvalue weighted by atomic mass is 10.1. The van der Waals surface area contributed by atoms with Crippen molar-refractivity contribution >= 4 is 26.8 Å². The molecule has 0 atom stereocenters. The minimum Gasteiger partial charge on any atom is -0.447 e. The molecule has 3 aromatic rings. The first-order valence-corrected chi connectivity index (χ1v) is 12.4. The zero-order chi connectivity index (χ0) is 22.9. The van der Waals surface area contributed by atoms with E-state index in [1.54, 1.807) is 35.5 Å². The van der Waals surface area contributed by atoms with E-state index in [1.165, 1.54) is 12.1 Å². The van der Waals surface area contributed by atoms with E-state index in [1.807, 2.05) is 18.5 Å². The lowest BCUT2D eigenvalue weighted by Crippen LogP contribution is -2.40. The van der Waals surface area contributed by atoms with Crippen molar-refractivity contribution in [3.05, 3.63) is 42.7 Å². The maximum atomic E-state index is 12.1. The standard InChI is InChI=1S/C22H26N4O5S/c1-15(2)30-22(27)25-9-7-17(8-10-25)26-20-14-23-21(11-16(20)13-24-26)31-18-5-4-6-19(12-18)32(3,28)29/h4-6,11-15,17H,7-10H2,1-3H3. The number of rotatable bonds is 5. The second-order valence-electron chi connectivity index (χ2n) is 8.17. The largest absolute Gasteiger partial charge is 0.447 e. The Kier molecular flexibility index (Phi) is 6.05. The van der Waals surface area contributed by atoms with Gasteiger partial charge in [0, 0.05) is 30.8 Å². The third kappa shape index (κ3) is 4.85. The molecule has 9 nitrogen and oxygen atoms in total. The second-order valence-corrected chi connectivity index (χ2v) is 10.2. The lowest BCUT2D eigenvalue weighted by Gasteiger charge is -2.32. The van der Waals surface area contributed by atoms with E-state index in [4.69, 9.17) is 9.47 Å².